The predicted octanol–water partition coefficient (Wildman–Crippen LogP) is -2.74. The summed E-state index contributed by atoms with van der Waals surface area (Å²) < 4.78 is 4.24. The van der Waals surface area contributed by atoms with Crippen LogP contribution < -0.4 is 0 Å². The highest BCUT2D eigenvalue weighted by Crippen LogP contribution is 2.29. The van der Waals surface area contributed by atoms with Gasteiger partial charge in [-0.1, -0.05) is 6.07 Å². The molecular weight excluding hydrogens is 416 g/mol. The number of aliphatic carboxylic acids is 1. The van der Waals surface area contributed by atoms with Gasteiger partial charge >= 0.3 is 11.9 Å². The molecule has 0 spiro atoms. The molecule has 1 saturated heterocycles. The average molecular weight is 446 g/mol. The Bertz CT molecular complexity index is 677. The third-order valence-corrected chi connectivity index (χ3v) is 4.76. The second kappa shape index (κ2) is 13.3. The molecular formula is C19H30N2O10. The Morgan fingerprint density at radius 2 is 1.87 bits per heavy atom. The topological polar surface area (TPSA) is 201 Å². The number of aliphatic hydroxyl groups excluding tert-OH is 6. The summed E-state index contributed by atoms with van der Waals surface area (Å²) in [6.07, 6.45) is -3.58. The lowest BCUT2D eigenvalue weighted by Crippen LogP contribution is -2.45. The molecule has 0 amide bonds. The molecule has 0 saturated carbocycles. The van der Waals surface area contributed by atoms with E-state index in [0.717, 1.165) is 0 Å². The van der Waals surface area contributed by atoms with E-state index in [0.29, 0.717) is 6.04 Å². The van der Waals surface area contributed by atoms with Gasteiger partial charge in [0.2, 0.25) is 0 Å². The van der Waals surface area contributed by atoms with E-state index in [4.69, 9.17) is 25.5 Å². The van der Waals surface area contributed by atoms with E-state index in [1.54, 1.807) is 0 Å². The maximum Gasteiger partial charge on any atom is 0.338 e. The molecule has 1 aromatic heterocycles. The maximum atomic E-state index is 11.1. The molecule has 1 aliphatic rings. The number of carbonyl (C=O) groups is 2. The van der Waals surface area contributed by atoms with Crippen LogP contribution in [0.15, 0.2) is 24.5 Å². The van der Waals surface area contributed by atoms with Crippen molar-refractivity contribution < 1.29 is 50.1 Å². The Hall–Kier alpha value is -2.19. The van der Waals surface area contributed by atoms with E-state index >= 15 is 0 Å². The number of carbonyl (C=O) groups excluding carboxylic acids is 1. The van der Waals surface area contributed by atoms with Crippen LogP contribution in [0.1, 0.15) is 24.4 Å². The van der Waals surface area contributed by atoms with Crippen LogP contribution in [0, 0.1) is 0 Å². The summed E-state index contributed by atoms with van der Waals surface area (Å²) in [4.78, 5) is 27.8. The first-order chi connectivity index (χ1) is 14.6. The number of hydrogen-bond donors (Lipinski definition) is 7. The largest absolute Gasteiger partial charge is 0.479 e. The number of aliphatic hydroxyl groups is 6. The van der Waals surface area contributed by atoms with Crippen LogP contribution in [0.5, 0.6) is 0 Å². The second-order valence-electron chi connectivity index (χ2n) is 7.09. The van der Waals surface area contributed by atoms with E-state index in [2.05, 4.69) is 27.7 Å². The summed E-state index contributed by atoms with van der Waals surface area (Å²) in [5.41, 5.74) is 1.36. The summed E-state index contributed by atoms with van der Waals surface area (Å²) in [6, 6.07) is 4.79. The van der Waals surface area contributed by atoms with E-state index in [1.165, 1.54) is 24.9 Å². The van der Waals surface area contributed by atoms with E-state index in [-0.39, 0.29) is 0 Å². The van der Waals surface area contributed by atoms with Crippen molar-refractivity contribution >= 4 is 11.9 Å². The van der Waals surface area contributed by atoms with Crippen molar-refractivity contribution in [2.75, 3.05) is 26.8 Å². The molecule has 2 heterocycles. The highest BCUT2D eigenvalue weighted by atomic mass is 16.6. The number of rotatable bonds is 9. The van der Waals surface area contributed by atoms with Crippen LogP contribution in [0.25, 0.3) is 0 Å². The molecule has 12 nitrogen and oxygen atoms in total. The normalized spacial score (nSPS) is 21.2. The van der Waals surface area contributed by atoms with Crippen molar-refractivity contribution in [2.24, 2.45) is 0 Å². The fourth-order valence-corrected chi connectivity index (χ4v) is 2.88. The number of pyridine rings is 1. The maximum absolute atomic E-state index is 11.1. The minimum absolute atomic E-state index is 0.610. The first-order valence-electron chi connectivity index (χ1n) is 9.60. The standard InChI is InChI=1S/C10H14N2.C9H16O10/c1-12-7-3-5-10(12)9-4-2-6-11-8-9;10-1-3(11)5(13)4(12)2-19-9(18)7(15)6(14)8(16)17/h2,4,6,8,10H,3,5,7H2,1H3;3-7,10-15H,1-2H2,(H,16,17)/t;3-,4+,5+,6?,7?/m.1/s1. The fourth-order valence-electron chi connectivity index (χ4n) is 2.88. The molecule has 1 aliphatic heterocycles. The second-order valence-corrected chi connectivity index (χ2v) is 7.09. The van der Waals surface area contributed by atoms with Crippen LogP contribution >= 0.6 is 0 Å². The number of aromatic nitrogens is 1. The molecule has 0 aliphatic carbocycles. The summed E-state index contributed by atoms with van der Waals surface area (Å²) in [5.74, 6) is -3.37. The summed E-state index contributed by atoms with van der Waals surface area (Å²) in [7, 11) is 2.19. The molecule has 176 valence electrons. The van der Waals surface area contributed by atoms with Crippen molar-refractivity contribution in [3.8, 4) is 0 Å². The minimum atomic E-state index is -2.39. The van der Waals surface area contributed by atoms with Crippen molar-refractivity contribution in [3.63, 3.8) is 0 Å². The van der Waals surface area contributed by atoms with Crippen LogP contribution in [0.2, 0.25) is 0 Å². The molecule has 0 radical (unpaired) electrons. The number of nitrogens with zero attached hydrogens (tertiary/aromatic N) is 2. The van der Waals surface area contributed by atoms with Gasteiger partial charge in [0.05, 0.1) is 6.61 Å². The number of ether oxygens (including phenoxy) is 1. The van der Waals surface area contributed by atoms with Gasteiger partial charge < -0.3 is 40.5 Å². The van der Waals surface area contributed by atoms with Crippen LogP contribution in [-0.4, -0.2) is 115 Å². The molecule has 0 bridgehead atoms. The van der Waals surface area contributed by atoms with E-state index in [1.807, 2.05) is 18.5 Å². The Kier molecular flexibility index (Phi) is 11.5. The fraction of sp³-hybridized carbons (Fsp3) is 0.632. The number of carboxylic acid groups (broad SMARTS) is 1. The van der Waals surface area contributed by atoms with Crippen molar-refractivity contribution in [3.05, 3.63) is 30.1 Å². The first kappa shape index (κ1) is 26.8. The Balaban J connectivity index is 0.000000339. The lowest BCUT2D eigenvalue weighted by atomic mass is 10.1. The molecule has 3 unspecified atom stereocenters. The molecule has 7 N–H and O–H groups in total. The third-order valence-electron chi connectivity index (χ3n) is 4.76. The zero-order chi connectivity index (χ0) is 23.6. The smallest absolute Gasteiger partial charge is 0.338 e. The van der Waals surface area contributed by atoms with E-state index in [9.17, 15) is 19.8 Å². The molecule has 31 heavy (non-hydrogen) atoms. The average Bonchev–Trinajstić information content (AvgIpc) is 3.21. The minimum Gasteiger partial charge on any atom is -0.479 e. The van der Waals surface area contributed by atoms with Gasteiger partial charge in [-0.15, -0.1) is 0 Å². The van der Waals surface area contributed by atoms with Crippen LogP contribution in [0.4, 0.5) is 0 Å². The van der Waals surface area contributed by atoms with Crippen LogP contribution in [0.3, 0.4) is 0 Å². The molecule has 12 heteroatoms. The highest BCUT2D eigenvalue weighted by Gasteiger charge is 2.33. The number of likely N-dealkylation sites (tertiary alicyclic amines) is 1. The van der Waals surface area contributed by atoms with Crippen molar-refractivity contribution in [1.29, 1.82) is 0 Å². The van der Waals surface area contributed by atoms with Gasteiger partial charge in [0.15, 0.2) is 12.2 Å². The molecule has 2 rings (SSSR count). The Morgan fingerprint density at radius 3 is 2.35 bits per heavy atom. The monoisotopic (exact) mass is 446 g/mol. The molecule has 0 aromatic carbocycles. The molecule has 1 aromatic rings. The lowest BCUT2D eigenvalue weighted by molar-refractivity contribution is -0.174. The SMILES string of the molecule is CN1CCCC1c1cccnc1.O=C(O)C(O)C(O)C(=O)OC[C@H](O)[C@@H](O)[C@H](O)CO. The zero-order valence-corrected chi connectivity index (χ0v) is 17.1. The van der Waals surface area contributed by atoms with Gasteiger partial charge in [-0.25, -0.2) is 9.59 Å². The van der Waals surface area contributed by atoms with Gasteiger partial charge in [-0.05, 0) is 38.1 Å². The van der Waals surface area contributed by atoms with Gasteiger partial charge in [-0.3, -0.25) is 9.88 Å². The number of carboxylic acids is 1. The summed E-state index contributed by atoms with van der Waals surface area (Å²) in [5, 5.41) is 62.0. The third kappa shape index (κ3) is 8.45. The zero-order valence-electron chi connectivity index (χ0n) is 17.1. The van der Waals surface area contributed by atoms with E-state index < -0.39 is 55.7 Å². The summed E-state index contributed by atoms with van der Waals surface area (Å²) >= 11 is 0. The summed E-state index contributed by atoms with van der Waals surface area (Å²) in [6.45, 7) is -0.494. The quantitative estimate of drug-likeness (QED) is 0.193. The highest BCUT2D eigenvalue weighted by molar-refractivity contribution is 5.84. The lowest BCUT2D eigenvalue weighted by Gasteiger charge is -2.22. The predicted molar refractivity (Wildman–Crippen MR) is 105 cm³/mol. The van der Waals surface area contributed by atoms with Gasteiger partial charge in [-0.2, -0.15) is 0 Å². The Labute approximate surface area is 179 Å². The van der Waals surface area contributed by atoms with Gasteiger partial charge in [0, 0.05) is 18.4 Å². The number of hydrogen-bond acceptors (Lipinski definition) is 11. The van der Waals surface area contributed by atoms with Crippen LogP contribution in [-0.2, 0) is 14.3 Å². The van der Waals surface area contributed by atoms with Gasteiger partial charge in [0.25, 0.3) is 0 Å². The molecule has 6 atom stereocenters. The van der Waals surface area contributed by atoms with Crippen molar-refractivity contribution in [2.45, 2.75) is 49.4 Å². The Morgan fingerprint density at radius 1 is 1.19 bits per heavy atom. The molecule has 1 fully saturated rings. The number of esters is 1. The first-order valence-corrected chi connectivity index (χ1v) is 9.60. The van der Waals surface area contributed by atoms with Gasteiger partial charge in [0.1, 0.15) is 24.9 Å². The van der Waals surface area contributed by atoms with Crippen molar-refractivity contribution in [1.82, 2.24) is 9.88 Å².